The quantitative estimate of drug-likeness (QED) is 0.772. The maximum atomic E-state index is 13.5. The van der Waals surface area contributed by atoms with Crippen molar-refractivity contribution in [2.45, 2.75) is 0 Å². The Labute approximate surface area is 133 Å². The summed E-state index contributed by atoms with van der Waals surface area (Å²) in [5, 5.41) is 11.2. The van der Waals surface area contributed by atoms with Crippen LogP contribution in [-0.4, -0.2) is 17.0 Å². The van der Waals surface area contributed by atoms with E-state index in [9.17, 15) is 14.0 Å². The molecule has 0 spiro atoms. The summed E-state index contributed by atoms with van der Waals surface area (Å²) < 4.78 is 14.9. The molecule has 0 bridgehead atoms. The maximum absolute atomic E-state index is 13.5. The van der Waals surface area contributed by atoms with Gasteiger partial charge in [-0.2, -0.15) is 0 Å². The van der Waals surface area contributed by atoms with E-state index < -0.39 is 23.3 Å². The summed E-state index contributed by atoms with van der Waals surface area (Å²) in [5.74, 6) is -2.67. The second-order valence-corrected chi connectivity index (χ2v) is 7.44. The van der Waals surface area contributed by atoms with Gasteiger partial charge in [-0.25, -0.2) is 9.18 Å². The van der Waals surface area contributed by atoms with Gasteiger partial charge in [0.25, 0.3) is 5.91 Å². The van der Waals surface area contributed by atoms with Crippen molar-refractivity contribution in [2.75, 3.05) is 5.32 Å². The fourth-order valence-corrected chi connectivity index (χ4v) is 4.25. The molecular weight excluding hydrogens is 417 g/mol. The highest BCUT2D eigenvalue weighted by atomic mass is 79.9. The zero-order valence-corrected chi connectivity index (χ0v) is 13.6. The Hall–Kier alpha value is -1.25. The van der Waals surface area contributed by atoms with Crippen LogP contribution in [0.4, 0.5) is 10.1 Å². The molecule has 2 N–H and O–H groups in total. The number of carbonyl (C=O) groups excluding carboxylic acids is 1. The van der Waals surface area contributed by atoms with E-state index in [-0.39, 0.29) is 5.69 Å². The van der Waals surface area contributed by atoms with Crippen LogP contribution in [0.2, 0.25) is 0 Å². The SMILES string of the molecule is O=C(O)c1ccc(NC(=O)c2cc(Br)sc2Br)cc1F. The molecule has 2 aromatic rings. The number of carboxylic acid groups (broad SMARTS) is 1. The maximum Gasteiger partial charge on any atom is 0.338 e. The van der Waals surface area contributed by atoms with Crippen LogP contribution in [0, 0.1) is 5.82 Å². The minimum absolute atomic E-state index is 0.187. The zero-order chi connectivity index (χ0) is 14.9. The Kier molecular flexibility index (Phi) is 4.56. The number of rotatable bonds is 3. The number of carbonyl (C=O) groups is 2. The molecule has 20 heavy (non-hydrogen) atoms. The predicted molar refractivity (Wildman–Crippen MR) is 81.0 cm³/mol. The van der Waals surface area contributed by atoms with Crippen LogP contribution < -0.4 is 5.32 Å². The number of thiophene rings is 1. The smallest absolute Gasteiger partial charge is 0.338 e. The first-order valence-corrected chi connectivity index (χ1v) is 7.57. The van der Waals surface area contributed by atoms with E-state index in [1.165, 1.54) is 17.4 Å². The third-order valence-electron chi connectivity index (χ3n) is 2.36. The van der Waals surface area contributed by atoms with Crippen LogP contribution in [0.3, 0.4) is 0 Å². The molecule has 8 heteroatoms. The van der Waals surface area contributed by atoms with Crippen LogP contribution in [-0.2, 0) is 0 Å². The van der Waals surface area contributed by atoms with Gasteiger partial charge in [-0.15, -0.1) is 11.3 Å². The average molecular weight is 423 g/mol. The van der Waals surface area contributed by atoms with Crippen molar-refractivity contribution < 1.29 is 19.1 Å². The first-order chi connectivity index (χ1) is 9.38. The molecule has 4 nitrogen and oxygen atoms in total. The second kappa shape index (κ2) is 6.02. The van der Waals surface area contributed by atoms with E-state index in [0.717, 1.165) is 15.9 Å². The third kappa shape index (κ3) is 3.25. The van der Waals surface area contributed by atoms with Gasteiger partial charge in [0.1, 0.15) is 5.82 Å². The molecule has 0 saturated heterocycles. The number of hydrogen-bond acceptors (Lipinski definition) is 3. The Balaban J connectivity index is 2.22. The Morgan fingerprint density at radius 3 is 2.40 bits per heavy atom. The monoisotopic (exact) mass is 421 g/mol. The van der Waals surface area contributed by atoms with Crippen molar-refractivity contribution in [3.8, 4) is 0 Å². The van der Waals surface area contributed by atoms with E-state index in [2.05, 4.69) is 37.2 Å². The fourth-order valence-electron chi connectivity index (χ4n) is 1.46. The van der Waals surface area contributed by atoms with Gasteiger partial charge < -0.3 is 10.4 Å². The van der Waals surface area contributed by atoms with Crippen molar-refractivity contribution in [3.05, 3.63) is 48.8 Å². The molecule has 1 amide bonds. The predicted octanol–water partition coefficient (Wildman–Crippen LogP) is 4.36. The topological polar surface area (TPSA) is 66.4 Å². The lowest BCUT2D eigenvalue weighted by molar-refractivity contribution is 0.0692. The summed E-state index contributed by atoms with van der Waals surface area (Å²) in [5.41, 5.74) is 0.152. The van der Waals surface area contributed by atoms with Crippen LogP contribution in [0.1, 0.15) is 20.7 Å². The largest absolute Gasteiger partial charge is 0.478 e. The Morgan fingerprint density at radius 2 is 1.90 bits per heavy atom. The van der Waals surface area contributed by atoms with Gasteiger partial charge in [0.05, 0.1) is 18.7 Å². The third-order valence-corrected chi connectivity index (χ3v) is 4.70. The first-order valence-electron chi connectivity index (χ1n) is 5.17. The molecule has 0 fully saturated rings. The van der Waals surface area contributed by atoms with Gasteiger partial charge in [0.15, 0.2) is 0 Å². The lowest BCUT2D eigenvalue weighted by Gasteiger charge is -2.05. The molecule has 0 atom stereocenters. The van der Waals surface area contributed by atoms with Gasteiger partial charge in [-0.3, -0.25) is 4.79 Å². The molecule has 1 aromatic carbocycles. The van der Waals surface area contributed by atoms with Gasteiger partial charge in [0.2, 0.25) is 0 Å². The summed E-state index contributed by atoms with van der Waals surface area (Å²) in [4.78, 5) is 22.7. The molecule has 2 rings (SSSR count). The Morgan fingerprint density at radius 1 is 1.20 bits per heavy atom. The highest BCUT2D eigenvalue weighted by Gasteiger charge is 2.15. The fraction of sp³-hybridized carbons (Fsp3) is 0. The molecule has 0 aliphatic carbocycles. The van der Waals surface area contributed by atoms with Gasteiger partial charge >= 0.3 is 5.97 Å². The van der Waals surface area contributed by atoms with Crippen molar-refractivity contribution in [1.29, 1.82) is 0 Å². The van der Waals surface area contributed by atoms with Crippen LogP contribution in [0.15, 0.2) is 31.8 Å². The number of anilines is 1. The molecular formula is C12H6Br2FNO3S. The lowest BCUT2D eigenvalue weighted by Crippen LogP contribution is -2.12. The summed E-state index contributed by atoms with van der Waals surface area (Å²) >= 11 is 7.85. The number of halogens is 3. The van der Waals surface area contributed by atoms with Crippen molar-refractivity contribution in [3.63, 3.8) is 0 Å². The number of carboxylic acids is 1. The molecule has 0 saturated carbocycles. The molecule has 1 heterocycles. The molecule has 0 radical (unpaired) electrons. The normalized spacial score (nSPS) is 10.3. The first kappa shape index (κ1) is 15.1. The molecule has 0 unspecified atom stereocenters. The Bertz CT molecular complexity index is 702. The van der Waals surface area contributed by atoms with E-state index in [1.54, 1.807) is 6.07 Å². The highest BCUT2D eigenvalue weighted by molar-refractivity contribution is 9.12. The van der Waals surface area contributed by atoms with Crippen molar-refractivity contribution in [2.24, 2.45) is 0 Å². The van der Waals surface area contributed by atoms with Gasteiger partial charge in [-0.1, -0.05) is 0 Å². The standard InChI is InChI=1S/C12H6Br2FNO3S/c13-9-4-7(10(14)20-9)11(17)16-5-1-2-6(12(18)19)8(15)3-5/h1-4H,(H,16,17)(H,18,19). The zero-order valence-electron chi connectivity index (χ0n) is 9.62. The van der Waals surface area contributed by atoms with E-state index >= 15 is 0 Å². The lowest BCUT2D eigenvalue weighted by atomic mass is 10.2. The van der Waals surface area contributed by atoms with Gasteiger partial charge in [0, 0.05) is 5.69 Å². The highest BCUT2D eigenvalue weighted by Crippen LogP contribution is 2.32. The minimum Gasteiger partial charge on any atom is -0.478 e. The minimum atomic E-state index is -1.36. The number of hydrogen-bond donors (Lipinski definition) is 2. The molecule has 1 aromatic heterocycles. The van der Waals surface area contributed by atoms with Gasteiger partial charge in [-0.05, 0) is 56.1 Å². The number of amides is 1. The van der Waals surface area contributed by atoms with E-state index in [1.807, 2.05) is 0 Å². The molecule has 0 aliphatic heterocycles. The summed E-state index contributed by atoms with van der Waals surface area (Å²) in [6.45, 7) is 0. The van der Waals surface area contributed by atoms with Crippen LogP contribution >= 0.6 is 43.2 Å². The number of benzene rings is 1. The van der Waals surface area contributed by atoms with E-state index in [4.69, 9.17) is 5.11 Å². The summed E-state index contributed by atoms with van der Waals surface area (Å²) in [6.07, 6.45) is 0. The van der Waals surface area contributed by atoms with Crippen LogP contribution in [0.25, 0.3) is 0 Å². The number of nitrogens with one attached hydrogen (secondary N) is 1. The second-order valence-electron chi connectivity index (χ2n) is 3.69. The van der Waals surface area contributed by atoms with Crippen molar-refractivity contribution in [1.82, 2.24) is 0 Å². The molecule has 104 valence electrons. The summed E-state index contributed by atoms with van der Waals surface area (Å²) in [7, 11) is 0. The molecule has 0 aliphatic rings. The van der Waals surface area contributed by atoms with Crippen molar-refractivity contribution >= 4 is 60.8 Å². The number of aromatic carboxylic acids is 1. The summed E-state index contributed by atoms with van der Waals surface area (Å²) in [6, 6.07) is 5.04. The van der Waals surface area contributed by atoms with E-state index in [0.29, 0.717) is 9.35 Å². The average Bonchev–Trinajstić information content (AvgIpc) is 2.68. The van der Waals surface area contributed by atoms with Crippen LogP contribution in [0.5, 0.6) is 0 Å².